The van der Waals surface area contributed by atoms with Crippen LogP contribution in [-0.4, -0.2) is 31.1 Å². The van der Waals surface area contributed by atoms with Crippen molar-refractivity contribution in [2.45, 2.75) is 13.0 Å². The summed E-state index contributed by atoms with van der Waals surface area (Å²) in [6, 6.07) is 10.2. The minimum absolute atomic E-state index is 0.179. The van der Waals surface area contributed by atoms with Gasteiger partial charge in [0.1, 0.15) is 0 Å². The topological polar surface area (TPSA) is 29.5 Å². The Balaban J connectivity index is 2.71. The lowest BCUT2D eigenvalue weighted by atomic mass is 10.0. The first-order chi connectivity index (χ1) is 9.71. The van der Waals surface area contributed by atoms with Crippen LogP contribution in [0.5, 0.6) is 0 Å². The van der Waals surface area contributed by atoms with Crippen LogP contribution in [0.4, 0.5) is 0 Å². The zero-order valence-corrected chi connectivity index (χ0v) is 12.1. The van der Waals surface area contributed by atoms with Gasteiger partial charge in [0.2, 0.25) is 0 Å². The van der Waals surface area contributed by atoms with Gasteiger partial charge in [0.25, 0.3) is 0 Å². The maximum Gasteiger partial charge on any atom is 0.310 e. The predicted molar refractivity (Wildman–Crippen MR) is 82.2 cm³/mol. The Morgan fingerprint density at radius 2 is 2.00 bits per heavy atom. The third-order valence-electron chi connectivity index (χ3n) is 3.10. The number of carbonyl (C=O) groups excluding carboxylic acids is 1. The van der Waals surface area contributed by atoms with E-state index in [2.05, 4.69) is 30.2 Å². The third kappa shape index (κ3) is 5.41. The lowest BCUT2D eigenvalue weighted by molar-refractivity contribution is -0.146. The first-order valence-corrected chi connectivity index (χ1v) is 6.77. The van der Waals surface area contributed by atoms with Crippen LogP contribution < -0.4 is 0 Å². The summed E-state index contributed by atoms with van der Waals surface area (Å²) in [5.41, 5.74) is 1.22. The molecule has 0 fully saturated rings. The number of hydrogen-bond acceptors (Lipinski definition) is 3. The molecule has 3 heteroatoms. The maximum atomic E-state index is 11.8. The molecule has 1 rings (SSSR count). The van der Waals surface area contributed by atoms with E-state index in [4.69, 9.17) is 4.74 Å². The molecule has 0 saturated heterocycles. The second-order valence-corrected chi connectivity index (χ2v) is 4.71. The highest BCUT2D eigenvalue weighted by Crippen LogP contribution is 2.12. The molecule has 1 unspecified atom stereocenters. The molecular weight excluding hydrogens is 250 g/mol. The molecule has 0 spiro atoms. The molecular formula is C17H23NO2. The van der Waals surface area contributed by atoms with E-state index in [0.717, 1.165) is 13.1 Å². The van der Waals surface area contributed by atoms with E-state index in [1.54, 1.807) is 6.08 Å². The van der Waals surface area contributed by atoms with Crippen LogP contribution in [0.15, 0.2) is 55.6 Å². The minimum atomic E-state index is -0.188. The summed E-state index contributed by atoms with van der Waals surface area (Å²) >= 11 is 0. The van der Waals surface area contributed by atoms with Crippen LogP contribution >= 0.6 is 0 Å². The van der Waals surface area contributed by atoms with Crippen molar-refractivity contribution in [2.75, 3.05) is 20.2 Å². The fraction of sp³-hybridized carbons (Fsp3) is 0.353. The molecule has 0 amide bonds. The largest absolute Gasteiger partial charge is 0.469 e. The predicted octanol–water partition coefficient (Wildman–Crippen LogP) is 3.04. The van der Waals surface area contributed by atoms with Gasteiger partial charge in [0.15, 0.2) is 0 Å². The number of nitrogens with zero attached hydrogens (tertiary/aromatic N) is 1. The summed E-state index contributed by atoms with van der Waals surface area (Å²) in [7, 11) is 1.42. The number of rotatable bonds is 9. The van der Waals surface area contributed by atoms with Crippen LogP contribution in [0.3, 0.4) is 0 Å². The highest BCUT2D eigenvalue weighted by molar-refractivity contribution is 5.72. The summed E-state index contributed by atoms with van der Waals surface area (Å²) in [4.78, 5) is 14.0. The van der Waals surface area contributed by atoms with E-state index < -0.39 is 0 Å². The number of methoxy groups -OCH3 is 1. The molecule has 0 N–H and O–H groups in total. The molecule has 0 heterocycles. The molecule has 0 aliphatic rings. The van der Waals surface area contributed by atoms with Crippen LogP contribution in [0.2, 0.25) is 0 Å². The smallest absolute Gasteiger partial charge is 0.310 e. The monoisotopic (exact) mass is 273 g/mol. The Morgan fingerprint density at radius 3 is 2.55 bits per heavy atom. The Hall–Kier alpha value is -1.87. The van der Waals surface area contributed by atoms with Crippen LogP contribution in [0.1, 0.15) is 12.0 Å². The van der Waals surface area contributed by atoms with Gasteiger partial charge in [0.05, 0.1) is 13.0 Å². The average molecular weight is 273 g/mol. The number of carbonyl (C=O) groups is 1. The molecule has 20 heavy (non-hydrogen) atoms. The van der Waals surface area contributed by atoms with Gasteiger partial charge in [0, 0.05) is 19.6 Å². The van der Waals surface area contributed by atoms with E-state index >= 15 is 0 Å². The zero-order chi connectivity index (χ0) is 14.8. The quantitative estimate of drug-likeness (QED) is 0.511. The Labute approximate surface area is 121 Å². The fourth-order valence-electron chi connectivity index (χ4n) is 2.15. The SMILES string of the molecule is C=CCC(CN(CC=C)Cc1ccccc1)C(=O)OC. The molecule has 0 aliphatic heterocycles. The molecule has 3 nitrogen and oxygen atoms in total. The van der Waals surface area contributed by atoms with Crippen molar-refractivity contribution in [2.24, 2.45) is 5.92 Å². The highest BCUT2D eigenvalue weighted by Gasteiger charge is 2.20. The zero-order valence-electron chi connectivity index (χ0n) is 12.1. The second kappa shape index (κ2) is 9.10. The van der Waals surface area contributed by atoms with E-state index in [0.29, 0.717) is 13.0 Å². The van der Waals surface area contributed by atoms with E-state index in [-0.39, 0.29) is 11.9 Å². The van der Waals surface area contributed by atoms with Crippen molar-refractivity contribution in [1.29, 1.82) is 0 Å². The first kappa shape index (κ1) is 16.2. The Bertz CT molecular complexity index is 428. The van der Waals surface area contributed by atoms with Gasteiger partial charge < -0.3 is 4.74 Å². The number of benzene rings is 1. The molecule has 0 radical (unpaired) electrons. The summed E-state index contributed by atoms with van der Waals surface area (Å²) in [6.45, 7) is 9.65. The molecule has 0 aliphatic carbocycles. The highest BCUT2D eigenvalue weighted by atomic mass is 16.5. The lowest BCUT2D eigenvalue weighted by Crippen LogP contribution is -2.33. The normalized spacial score (nSPS) is 11.9. The van der Waals surface area contributed by atoms with Crippen molar-refractivity contribution in [1.82, 2.24) is 4.90 Å². The van der Waals surface area contributed by atoms with Crippen LogP contribution in [0, 0.1) is 5.92 Å². The average Bonchev–Trinajstić information content (AvgIpc) is 2.47. The van der Waals surface area contributed by atoms with Crippen molar-refractivity contribution < 1.29 is 9.53 Å². The van der Waals surface area contributed by atoms with E-state index in [1.807, 2.05) is 24.3 Å². The summed E-state index contributed by atoms with van der Waals surface area (Å²) in [5, 5.41) is 0. The molecule has 1 aromatic rings. The van der Waals surface area contributed by atoms with Gasteiger partial charge in [-0.25, -0.2) is 0 Å². The maximum absolute atomic E-state index is 11.8. The molecule has 108 valence electrons. The van der Waals surface area contributed by atoms with Gasteiger partial charge in [-0.1, -0.05) is 42.5 Å². The number of allylic oxidation sites excluding steroid dienone is 1. The first-order valence-electron chi connectivity index (χ1n) is 6.77. The van der Waals surface area contributed by atoms with E-state index in [9.17, 15) is 4.79 Å². The van der Waals surface area contributed by atoms with Crippen molar-refractivity contribution in [3.63, 3.8) is 0 Å². The molecule has 0 aromatic heterocycles. The number of hydrogen-bond donors (Lipinski definition) is 0. The van der Waals surface area contributed by atoms with Gasteiger partial charge in [-0.3, -0.25) is 9.69 Å². The Morgan fingerprint density at radius 1 is 1.30 bits per heavy atom. The second-order valence-electron chi connectivity index (χ2n) is 4.71. The Kier molecular flexibility index (Phi) is 7.36. The molecule has 1 atom stereocenters. The number of esters is 1. The van der Waals surface area contributed by atoms with Crippen molar-refractivity contribution in [3.05, 3.63) is 61.2 Å². The lowest BCUT2D eigenvalue weighted by Gasteiger charge is -2.24. The standard InChI is InChI=1S/C17H23NO2/c1-4-9-16(17(19)20-3)14-18(12-5-2)13-15-10-7-6-8-11-15/h4-8,10-11,16H,1-2,9,12-14H2,3H3. The minimum Gasteiger partial charge on any atom is -0.469 e. The van der Waals surface area contributed by atoms with Gasteiger partial charge in [-0.15, -0.1) is 13.2 Å². The molecule has 0 bridgehead atoms. The molecule has 0 saturated carbocycles. The summed E-state index contributed by atoms with van der Waals surface area (Å²) in [5.74, 6) is -0.367. The van der Waals surface area contributed by atoms with Crippen LogP contribution in [-0.2, 0) is 16.1 Å². The van der Waals surface area contributed by atoms with Gasteiger partial charge in [-0.2, -0.15) is 0 Å². The molecule has 1 aromatic carbocycles. The fourth-order valence-corrected chi connectivity index (χ4v) is 2.15. The van der Waals surface area contributed by atoms with Gasteiger partial charge in [-0.05, 0) is 12.0 Å². The summed E-state index contributed by atoms with van der Waals surface area (Å²) < 4.78 is 4.85. The third-order valence-corrected chi connectivity index (χ3v) is 3.10. The van der Waals surface area contributed by atoms with E-state index in [1.165, 1.54) is 12.7 Å². The summed E-state index contributed by atoms with van der Waals surface area (Å²) in [6.07, 6.45) is 4.23. The van der Waals surface area contributed by atoms with Gasteiger partial charge >= 0.3 is 5.97 Å². The van der Waals surface area contributed by atoms with Crippen molar-refractivity contribution in [3.8, 4) is 0 Å². The van der Waals surface area contributed by atoms with Crippen molar-refractivity contribution >= 4 is 5.97 Å². The van der Waals surface area contributed by atoms with Crippen LogP contribution in [0.25, 0.3) is 0 Å². The number of ether oxygens (including phenoxy) is 1.